The third kappa shape index (κ3) is 2.24. The van der Waals surface area contributed by atoms with Crippen molar-refractivity contribution < 1.29 is 9.50 Å². The van der Waals surface area contributed by atoms with Gasteiger partial charge in [-0.05, 0) is 17.7 Å². The lowest BCUT2D eigenvalue weighted by atomic mass is 10.0. The minimum absolute atomic E-state index is 0.251. The molecular weight excluding hydrogens is 171 g/mol. The van der Waals surface area contributed by atoms with Gasteiger partial charge < -0.3 is 16.6 Å². The molecule has 0 aliphatic heterocycles. The van der Waals surface area contributed by atoms with Gasteiger partial charge in [-0.15, -0.1) is 0 Å². The summed E-state index contributed by atoms with van der Waals surface area (Å²) in [4.78, 5) is 0. The van der Waals surface area contributed by atoms with Crippen LogP contribution < -0.4 is 11.5 Å². The van der Waals surface area contributed by atoms with Gasteiger partial charge in [0.1, 0.15) is 5.82 Å². The van der Waals surface area contributed by atoms with Gasteiger partial charge in [0.15, 0.2) is 0 Å². The van der Waals surface area contributed by atoms with Crippen LogP contribution in [0.3, 0.4) is 0 Å². The Labute approximate surface area is 76.2 Å². The van der Waals surface area contributed by atoms with Gasteiger partial charge in [0.05, 0.1) is 6.61 Å². The number of hydrogen-bond donors (Lipinski definition) is 3. The summed E-state index contributed by atoms with van der Waals surface area (Å²) in [6.45, 7) is -0.0204. The van der Waals surface area contributed by atoms with Crippen LogP contribution in [0.1, 0.15) is 17.2 Å². The number of rotatable bonds is 3. The molecule has 4 heteroatoms. The SMILES string of the molecule is NC[C@H](N)c1ccc(F)c(CO)c1. The van der Waals surface area contributed by atoms with E-state index in [0.717, 1.165) is 5.56 Å². The van der Waals surface area contributed by atoms with E-state index in [4.69, 9.17) is 16.6 Å². The van der Waals surface area contributed by atoms with E-state index in [9.17, 15) is 4.39 Å². The second-order valence-electron chi connectivity index (χ2n) is 2.85. The molecule has 1 aromatic rings. The maximum atomic E-state index is 12.9. The normalized spacial score (nSPS) is 12.9. The molecule has 0 amide bonds. The summed E-state index contributed by atoms with van der Waals surface area (Å²) in [5.41, 5.74) is 12.0. The molecule has 1 aromatic carbocycles. The Hall–Kier alpha value is -0.970. The van der Waals surface area contributed by atoms with E-state index in [0.29, 0.717) is 6.54 Å². The van der Waals surface area contributed by atoms with Crippen molar-refractivity contribution in [3.05, 3.63) is 35.1 Å². The van der Waals surface area contributed by atoms with Crippen molar-refractivity contribution in [3.63, 3.8) is 0 Å². The molecule has 1 rings (SSSR count). The van der Waals surface area contributed by atoms with Crippen molar-refractivity contribution in [2.45, 2.75) is 12.6 Å². The summed E-state index contributed by atoms with van der Waals surface area (Å²) in [5.74, 6) is -0.421. The first-order valence-corrected chi connectivity index (χ1v) is 4.04. The van der Waals surface area contributed by atoms with Crippen LogP contribution in [0.25, 0.3) is 0 Å². The fraction of sp³-hybridized carbons (Fsp3) is 0.333. The maximum absolute atomic E-state index is 12.9. The van der Waals surface area contributed by atoms with Crippen molar-refractivity contribution in [3.8, 4) is 0 Å². The molecule has 1 atom stereocenters. The van der Waals surface area contributed by atoms with E-state index in [1.807, 2.05) is 0 Å². The predicted octanol–water partition coefficient (Wildman–Crippen LogP) is 0.276. The van der Waals surface area contributed by atoms with Crippen LogP contribution in [0.5, 0.6) is 0 Å². The minimum atomic E-state index is -0.421. The van der Waals surface area contributed by atoms with Crippen molar-refractivity contribution in [2.24, 2.45) is 11.5 Å². The summed E-state index contributed by atoms with van der Waals surface area (Å²) >= 11 is 0. The molecule has 0 aliphatic carbocycles. The smallest absolute Gasteiger partial charge is 0.128 e. The zero-order valence-corrected chi connectivity index (χ0v) is 7.20. The lowest BCUT2D eigenvalue weighted by molar-refractivity contribution is 0.275. The van der Waals surface area contributed by atoms with Gasteiger partial charge in [-0.1, -0.05) is 6.07 Å². The summed E-state index contributed by atoms with van der Waals surface area (Å²) < 4.78 is 12.9. The highest BCUT2D eigenvalue weighted by Gasteiger charge is 2.07. The Morgan fingerprint density at radius 3 is 2.69 bits per heavy atom. The minimum Gasteiger partial charge on any atom is -0.392 e. The number of benzene rings is 1. The first-order valence-electron chi connectivity index (χ1n) is 4.04. The Balaban J connectivity index is 2.99. The van der Waals surface area contributed by atoms with E-state index >= 15 is 0 Å². The number of nitrogens with two attached hydrogens (primary N) is 2. The molecule has 72 valence electrons. The van der Waals surface area contributed by atoms with Gasteiger partial charge in [0.2, 0.25) is 0 Å². The quantitative estimate of drug-likeness (QED) is 0.631. The largest absolute Gasteiger partial charge is 0.392 e. The van der Waals surface area contributed by atoms with Crippen molar-refractivity contribution in [1.82, 2.24) is 0 Å². The Morgan fingerprint density at radius 2 is 2.15 bits per heavy atom. The first-order chi connectivity index (χ1) is 6.19. The predicted molar refractivity (Wildman–Crippen MR) is 48.3 cm³/mol. The Kier molecular flexibility index (Phi) is 3.36. The summed E-state index contributed by atoms with van der Waals surface area (Å²) in [7, 11) is 0. The highest BCUT2D eigenvalue weighted by Crippen LogP contribution is 2.14. The summed E-state index contributed by atoms with van der Waals surface area (Å²) in [5, 5.41) is 8.79. The summed E-state index contributed by atoms with van der Waals surface area (Å²) in [6.07, 6.45) is 0. The average molecular weight is 184 g/mol. The van der Waals surface area contributed by atoms with Crippen LogP contribution in [0.4, 0.5) is 4.39 Å². The van der Waals surface area contributed by atoms with E-state index in [2.05, 4.69) is 0 Å². The zero-order valence-electron chi connectivity index (χ0n) is 7.20. The molecule has 0 spiro atoms. The lowest BCUT2D eigenvalue weighted by Gasteiger charge is -2.10. The summed E-state index contributed by atoms with van der Waals surface area (Å²) in [6, 6.07) is 4.10. The molecule has 13 heavy (non-hydrogen) atoms. The number of hydrogen-bond acceptors (Lipinski definition) is 3. The average Bonchev–Trinajstić information content (AvgIpc) is 2.17. The van der Waals surface area contributed by atoms with Crippen molar-refractivity contribution in [2.75, 3.05) is 6.54 Å². The van der Waals surface area contributed by atoms with Crippen LogP contribution >= 0.6 is 0 Å². The molecule has 3 nitrogen and oxygen atoms in total. The van der Waals surface area contributed by atoms with Crippen molar-refractivity contribution in [1.29, 1.82) is 0 Å². The van der Waals surface area contributed by atoms with Crippen LogP contribution in [0.15, 0.2) is 18.2 Å². The monoisotopic (exact) mass is 184 g/mol. The van der Waals surface area contributed by atoms with E-state index in [1.165, 1.54) is 12.1 Å². The first kappa shape index (κ1) is 10.1. The van der Waals surface area contributed by atoms with Crippen LogP contribution in [-0.2, 0) is 6.61 Å². The topological polar surface area (TPSA) is 72.3 Å². The van der Waals surface area contributed by atoms with Crippen LogP contribution in [0, 0.1) is 5.82 Å². The van der Waals surface area contributed by atoms with Crippen LogP contribution in [-0.4, -0.2) is 11.7 Å². The highest BCUT2D eigenvalue weighted by molar-refractivity contribution is 5.27. The van der Waals surface area contributed by atoms with Crippen LogP contribution in [0.2, 0.25) is 0 Å². The van der Waals surface area contributed by atoms with Gasteiger partial charge >= 0.3 is 0 Å². The molecule has 0 unspecified atom stereocenters. The fourth-order valence-electron chi connectivity index (χ4n) is 1.08. The standard InChI is InChI=1S/C9H13FN2O/c10-8-2-1-6(9(12)4-11)3-7(8)5-13/h1-3,9,13H,4-5,11-12H2/t9-/m0/s1. The van der Waals surface area contributed by atoms with E-state index in [-0.39, 0.29) is 18.2 Å². The molecule has 0 saturated carbocycles. The van der Waals surface area contributed by atoms with Gasteiger partial charge in [0, 0.05) is 18.2 Å². The molecule has 0 radical (unpaired) electrons. The molecule has 5 N–H and O–H groups in total. The van der Waals surface area contributed by atoms with Gasteiger partial charge in [-0.25, -0.2) is 4.39 Å². The van der Waals surface area contributed by atoms with Gasteiger partial charge in [0.25, 0.3) is 0 Å². The van der Waals surface area contributed by atoms with Crippen molar-refractivity contribution >= 4 is 0 Å². The molecule has 0 fully saturated rings. The molecule has 0 saturated heterocycles. The zero-order chi connectivity index (χ0) is 9.84. The molecule has 0 bridgehead atoms. The van der Waals surface area contributed by atoms with Gasteiger partial charge in [-0.3, -0.25) is 0 Å². The van der Waals surface area contributed by atoms with E-state index in [1.54, 1.807) is 6.07 Å². The lowest BCUT2D eigenvalue weighted by Crippen LogP contribution is -2.20. The Morgan fingerprint density at radius 1 is 1.46 bits per heavy atom. The number of halogens is 1. The third-order valence-corrected chi connectivity index (χ3v) is 1.92. The molecular formula is C9H13FN2O. The Bertz CT molecular complexity index is 291. The second kappa shape index (κ2) is 4.32. The number of aliphatic hydroxyl groups excluding tert-OH is 1. The van der Waals surface area contributed by atoms with Gasteiger partial charge in [-0.2, -0.15) is 0 Å². The third-order valence-electron chi connectivity index (χ3n) is 1.92. The fourth-order valence-corrected chi connectivity index (χ4v) is 1.08. The molecule has 0 aromatic heterocycles. The number of aliphatic hydroxyl groups is 1. The molecule has 0 heterocycles. The highest BCUT2D eigenvalue weighted by atomic mass is 19.1. The van der Waals surface area contributed by atoms with E-state index < -0.39 is 5.82 Å². The second-order valence-corrected chi connectivity index (χ2v) is 2.85. The maximum Gasteiger partial charge on any atom is 0.128 e. The molecule has 0 aliphatic rings.